The smallest absolute Gasteiger partial charge is 0.374 e. The molecule has 6 aromatic carbocycles. The van der Waals surface area contributed by atoms with E-state index in [0.29, 0.717) is 11.4 Å². The molecule has 0 bridgehead atoms. The van der Waals surface area contributed by atoms with Gasteiger partial charge in [-0.25, -0.2) is 0 Å². The highest BCUT2D eigenvalue weighted by Crippen LogP contribution is 2.39. The van der Waals surface area contributed by atoms with E-state index in [0.717, 1.165) is 22.0 Å². The van der Waals surface area contributed by atoms with Crippen LogP contribution in [0.5, 0.6) is 11.6 Å². The number of Topliss-reactive ketones (excluding diaryl/α,β-unsaturated/α-hetero) is 1. The van der Waals surface area contributed by atoms with Crippen LogP contribution in [-0.4, -0.2) is 5.78 Å². The maximum Gasteiger partial charge on any atom is 0.374 e. The van der Waals surface area contributed by atoms with Crippen molar-refractivity contribution in [3.8, 4) is 11.6 Å². The van der Waals surface area contributed by atoms with Crippen LogP contribution in [0.1, 0.15) is 10.4 Å². The third-order valence-corrected chi connectivity index (χ3v) is 7.00. The number of carbonyl (C=O) groups is 1. The third-order valence-electron chi connectivity index (χ3n) is 7.00. The molecule has 0 N–H and O–H groups in total. The molecule has 0 amide bonds. The van der Waals surface area contributed by atoms with E-state index in [-0.39, 0.29) is 12.3 Å². The first-order chi connectivity index (χ1) is 17.8. The molecular formula is C33H22NO2+. The van der Waals surface area contributed by atoms with Gasteiger partial charge in [-0.3, -0.25) is 4.79 Å². The molecule has 170 valence electrons. The molecule has 0 radical (unpaired) electrons. The number of rotatable bonds is 5. The standard InChI is InChI=1S/C33H22NO2/c35-29(23-8-2-1-3-9-23)21-34-28-12-5-4-7-22(28)17-20-31(34)36-30-19-16-26-14-13-24-10-6-11-25-15-18-27(30)33(26)32(24)25/h1-20H,21H2/q+1. The quantitative estimate of drug-likeness (QED) is 0.148. The summed E-state index contributed by atoms with van der Waals surface area (Å²) in [7, 11) is 0. The Labute approximate surface area is 208 Å². The maximum atomic E-state index is 13.2. The molecule has 0 saturated carbocycles. The van der Waals surface area contributed by atoms with Crippen molar-refractivity contribution in [3.05, 3.63) is 127 Å². The molecule has 1 heterocycles. The van der Waals surface area contributed by atoms with Gasteiger partial charge >= 0.3 is 5.88 Å². The highest BCUT2D eigenvalue weighted by molar-refractivity contribution is 6.24. The van der Waals surface area contributed by atoms with Crippen LogP contribution in [0.25, 0.3) is 43.2 Å². The van der Waals surface area contributed by atoms with Crippen molar-refractivity contribution >= 4 is 49.0 Å². The van der Waals surface area contributed by atoms with Crippen LogP contribution in [0.15, 0.2) is 121 Å². The average molecular weight is 465 g/mol. The molecule has 0 aliphatic heterocycles. The highest BCUT2D eigenvalue weighted by atomic mass is 16.5. The fourth-order valence-electron chi connectivity index (χ4n) is 5.27. The summed E-state index contributed by atoms with van der Waals surface area (Å²) in [6.07, 6.45) is 0. The summed E-state index contributed by atoms with van der Waals surface area (Å²) in [6.45, 7) is 0.187. The van der Waals surface area contributed by atoms with Crippen molar-refractivity contribution in [1.29, 1.82) is 0 Å². The van der Waals surface area contributed by atoms with E-state index in [2.05, 4.69) is 54.6 Å². The fraction of sp³-hybridized carbons (Fsp3) is 0.0303. The van der Waals surface area contributed by atoms with Gasteiger partial charge in [0, 0.05) is 27.8 Å². The van der Waals surface area contributed by atoms with Gasteiger partial charge in [0.2, 0.25) is 17.8 Å². The van der Waals surface area contributed by atoms with Gasteiger partial charge in [0.05, 0.1) is 6.07 Å². The van der Waals surface area contributed by atoms with Gasteiger partial charge in [0.1, 0.15) is 5.75 Å². The fourth-order valence-corrected chi connectivity index (χ4v) is 5.27. The summed E-state index contributed by atoms with van der Waals surface area (Å²) in [5, 5.41) is 8.20. The molecule has 0 spiro atoms. The predicted molar refractivity (Wildman–Crippen MR) is 145 cm³/mol. The first-order valence-electron chi connectivity index (χ1n) is 12.1. The number of pyridine rings is 1. The van der Waals surface area contributed by atoms with E-state index in [1.807, 2.05) is 71.3 Å². The number of aromatic nitrogens is 1. The molecule has 3 nitrogen and oxygen atoms in total. The third kappa shape index (κ3) is 3.29. The number of carbonyl (C=O) groups excluding carboxylic acids is 1. The molecule has 0 saturated heterocycles. The van der Waals surface area contributed by atoms with E-state index in [9.17, 15) is 4.79 Å². The van der Waals surface area contributed by atoms with Crippen molar-refractivity contribution in [2.45, 2.75) is 6.54 Å². The Bertz CT molecular complexity index is 1890. The summed E-state index contributed by atoms with van der Waals surface area (Å²) in [4.78, 5) is 13.2. The van der Waals surface area contributed by atoms with Crippen LogP contribution in [0.4, 0.5) is 0 Å². The number of para-hydroxylation sites is 1. The number of hydrogen-bond acceptors (Lipinski definition) is 2. The van der Waals surface area contributed by atoms with Crippen LogP contribution in [0.3, 0.4) is 0 Å². The van der Waals surface area contributed by atoms with Gasteiger partial charge < -0.3 is 4.74 Å². The van der Waals surface area contributed by atoms with Crippen LogP contribution in [-0.2, 0) is 6.54 Å². The van der Waals surface area contributed by atoms with E-state index in [1.54, 1.807) is 0 Å². The van der Waals surface area contributed by atoms with Crippen LogP contribution < -0.4 is 9.30 Å². The van der Waals surface area contributed by atoms with Gasteiger partial charge in [-0.2, -0.15) is 4.57 Å². The van der Waals surface area contributed by atoms with Crippen molar-refractivity contribution in [2.24, 2.45) is 0 Å². The normalized spacial score (nSPS) is 11.6. The second kappa shape index (κ2) is 8.17. The van der Waals surface area contributed by atoms with Gasteiger partial charge in [-0.05, 0) is 45.8 Å². The molecule has 7 rings (SSSR count). The van der Waals surface area contributed by atoms with Crippen LogP contribution >= 0.6 is 0 Å². The zero-order valence-electron chi connectivity index (χ0n) is 19.5. The Hall–Kier alpha value is -4.76. The lowest BCUT2D eigenvalue weighted by Crippen LogP contribution is -2.40. The van der Waals surface area contributed by atoms with Gasteiger partial charge in [0.25, 0.3) is 0 Å². The number of ether oxygens (including phenoxy) is 1. The van der Waals surface area contributed by atoms with Gasteiger partial charge in [-0.15, -0.1) is 0 Å². The Morgan fingerprint density at radius 3 is 2.06 bits per heavy atom. The van der Waals surface area contributed by atoms with Crippen molar-refractivity contribution in [1.82, 2.24) is 0 Å². The minimum absolute atomic E-state index is 0.0391. The van der Waals surface area contributed by atoms with Crippen molar-refractivity contribution in [2.75, 3.05) is 0 Å². The van der Waals surface area contributed by atoms with Crippen molar-refractivity contribution in [3.63, 3.8) is 0 Å². The summed E-state index contributed by atoms with van der Waals surface area (Å²) < 4.78 is 8.60. The van der Waals surface area contributed by atoms with Gasteiger partial charge in [0.15, 0.2) is 0 Å². The molecule has 7 aromatic rings. The molecule has 36 heavy (non-hydrogen) atoms. The van der Waals surface area contributed by atoms with E-state index in [1.165, 1.54) is 26.9 Å². The molecule has 0 fully saturated rings. The molecule has 0 aliphatic carbocycles. The minimum Gasteiger partial charge on any atom is -0.404 e. The lowest BCUT2D eigenvalue weighted by Gasteiger charge is -2.14. The average Bonchev–Trinajstić information content (AvgIpc) is 2.94. The molecule has 0 atom stereocenters. The number of nitrogens with zero attached hydrogens (tertiary/aromatic N) is 1. The zero-order chi connectivity index (χ0) is 24.1. The van der Waals surface area contributed by atoms with E-state index >= 15 is 0 Å². The SMILES string of the molecule is O=C(C[n+]1c(Oc2ccc3ccc4cccc5ccc2c3c45)ccc2ccccc21)c1ccccc1. The molecule has 0 aliphatic rings. The Balaban J connectivity index is 1.39. The molecule has 3 heteroatoms. The Morgan fingerprint density at radius 1 is 0.583 bits per heavy atom. The van der Waals surface area contributed by atoms with Gasteiger partial charge in [-0.1, -0.05) is 84.9 Å². The minimum atomic E-state index is 0.0391. The first-order valence-corrected chi connectivity index (χ1v) is 12.1. The van der Waals surface area contributed by atoms with Crippen molar-refractivity contribution < 1.29 is 14.1 Å². The summed E-state index contributed by atoms with van der Waals surface area (Å²) in [6, 6.07) is 40.7. The highest BCUT2D eigenvalue weighted by Gasteiger charge is 2.23. The first kappa shape index (κ1) is 20.6. The number of fused-ring (bicyclic) bond motifs is 1. The van der Waals surface area contributed by atoms with E-state index < -0.39 is 0 Å². The Morgan fingerprint density at radius 2 is 1.22 bits per heavy atom. The molecule has 0 unspecified atom stereocenters. The predicted octanol–water partition coefficient (Wildman–Crippen LogP) is 7.70. The second-order valence-corrected chi connectivity index (χ2v) is 9.13. The zero-order valence-corrected chi connectivity index (χ0v) is 19.5. The van der Waals surface area contributed by atoms with Crippen LogP contribution in [0, 0.1) is 0 Å². The number of benzene rings is 6. The number of ketones is 1. The molecule has 1 aromatic heterocycles. The number of hydrogen-bond donors (Lipinski definition) is 0. The van der Waals surface area contributed by atoms with Crippen LogP contribution in [0.2, 0.25) is 0 Å². The lowest BCUT2D eigenvalue weighted by molar-refractivity contribution is -0.661. The second-order valence-electron chi connectivity index (χ2n) is 9.13. The summed E-state index contributed by atoms with van der Waals surface area (Å²) in [5.41, 5.74) is 1.64. The molecular weight excluding hydrogens is 442 g/mol. The summed E-state index contributed by atoms with van der Waals surface area (Å²) >= 11 is 0. The monoisotopic (exact) mass is 464 g/mol. The summed E-state index contributed by atoms with van der Waals surface area (Å²) in [5.74, 6) is 1.45. The van der Waals surface area contributed by atoms with E-state index in [4.69, 9.17) is 4.74 Å². The Kier molecular flexibility index (Phi) is 4.68. The lowest BCUT2D eigenvalue weighted by atomic mass is 9.94. The largest absolute Gasteiger partial charge is 0.404 e. The topological polar surface area (TPSA) is 30.2 Å². The maximum absolute atomic E-state index is 13.2.